The highest BCUT2D eigenvalue weighted by molar-refractivity contribution is 9.10. The van der Waals surface area contributed by atoms with Crippen LogP contribution in [0, 0.1) is 12.7 Å². The molecule has 0 saturated heterocycles. The largest absolute Gasteiger partial charge is 0.322 e. The van der Waals surface area contributed by atoms with Crippen LogP contribution in [0.5, 0.6) is 0 Å². The summed E-state index contributed by atoms with van der Waals surface area (Å²) in [5.41, 5.74) is 2.30. The minimum absolute atomic E-state index is 0.0670. The molecule has 6 nitrogen and oxygen atoms in total. The fraction of sp³-hybridized carbons (Fsp3) is 0.0476. The zero-order valence-corrected chi connectivity index (χ0v) is 16.9. The van der Waals surface area contributed by atoms with Gasteiger partial charge in [-0.25, -0.2) is 14.4 Å². The smallest absolute Gasteiger partial charge is 0.255 e. The van der Waals surface area contributed by atoms with E-state index in [4.69, 9.17) is 0 Å². The number of rotatable bonds is 5. The maximum atomic E-state index is 13.9. The highest BCUT2D eigenvalue weighted by atomic mass is 79.9. The number of nitrogens with zero attached hydrogens (tertiary/aromatic N) is 2. The standard InChI is InChI=1S/C21H16BrFN4O2/c1-13-2-4-15(21(29)27-18-6-5-16(22)9-17(18)23)8-19(13)26-20(28)7-3-14-10-24-12-25-11-14/h2-12H,1H3,(H,26,28)(H,27,29)/b7-3+. The molecule has 8 heteroatoms. The van der Waals surface area contributed by atoms with Crippen molar-refractivity contribution in [1.82, 2.24) is 9.97 Å². The Labute approximate surface area is 175 Å². The van der Waals surface area contributed by atoms with Crippen LogP contribution in [0.2, 0.25) is 0 Å². The fourth-order valence-corrected chi connectivity index (χ4v) is 2.76. The topological polar surface area (TPSA) is 84.0 Å². The molecule has 3 rings (SSSR count). The summed E-state index contributed by atoms with van der Waals surface area (Å²) in [7, 11) is 0. The van der Waals surface area contributed by atoms with E-state index in [0.29, 0.717) is 15.7 Å². The van der Waals surface area contributed by atoms with Gasteiger partial charge in [-0.1, -0.05) is 22.0 Å². The van der Waals surface area contributed by atoms with Gasteiger partial charge in [0.05, 0.1) is 5.69 Å². The van der Waals surface area contributed by atoms with Crippen molar-refractivity contribution in [2.24, 2.45) is 0 Å². The molecule has 0 fully saturated rings. The summed E-state index contributed by atoms with van der Waals surface area (Å²) in [6.45, 7) is 1.81. The van der Waals surface area contributed by atoms with Crippen LogP contribution in [0.4, 0.5) is 15.8 Å². The number of aryl methyl sites for hydroxylation is 1. The number of benzene rings is 2. The van der Waals surface area contributed by atoms with Gasteiger partial charge in [0.25, 0.3) is 5.91 Å². The molecule has 2 aromatic carbocycles. The second-order valence-corrected chi connectivity index (χ2v) is 7.02. The summed E-state index contributed by atoms with van der Waals surface area (Å²) in [5, 5.41) is 5.26. The third kappa shape index (κ3) is 5.55. The van der Waals surface area contributed by atoms with Crippen molar-refractivity contribution in [2.75, 3.05) is 10.6 Å². The van der Waals surface area contributed by atoms with E-state index in [2.05, 4.69) is 36.5 Å². The van der Waals surface area contributed by atoms with E-state index in [-0.39, 0.29) is 17.2 Å². The number of halogens is 2. The van der Waals surface area contributed by atoms with Crippen LogP contribution in [0.25, 0.3) is 6.08 Å². The normalized spacial score (nSPS) is 10.7. The Morgan fingerprint density at radius 3 is 2.52 bits per heavy atom. The van der Waals surface area contributed by atoms with Gasteiger partial charge in [0.1, 0.15) is 12.1 Å². The van der Waals surface area contributed by atoms with E-state index in [1.54, 1.807) is 49.7 Å². The highest BCUT2D eigenvalue weighted by Gasteiger charge is 2.12. The molecule has 146 valence electrons. The van der Waals surface area contributed by atoms with Crippen molar-refractivity contribution in [2.45, 2.75) is 6.92 Å². The summed E-state index contributed by atoms with van der Waals surface area (Å²) in [5.74, 6) is -1.41. The molecule has 1 heterocycles. The summed E-state index contributed by atoms with van der Waals surface area (Å²) < 4.78 is 14.5. The van der Waals surface area contributed by atoms with Crippen molar-refractivity contribution in [3.63, 3.8) is 0 Å². The second-order valence-electron chi connectivity index (χ2n) is 6.10. The van der Waals surface area contributed by atoms with Crippen LogP contribution in [-0.2, 0) is 4.79 Å². The SMILES string of the molecule is Cc1ccc(C(=O)Nc2ccc(Br)cc2F)cc1NC(=O)/C=C/c1cncnc1. The number of amides is 2. The average Bonchev–Trinajstić information content (AvgIpc) is 2.71. The first-order chi connectivity index (χ1) is 13.9. The van der Waals surface area contributed by atoms with E-state index in [0.717, 1.165) is 5.56 Å². The van der Waals surface area contributed by atoms with E-state index in [1.807, 2.05) is 0 Å². The number of hydrogen-bond acceptors (Lipinski definition) is 4. The molecule has 3 aromatic rings. The number of carbonyl (C=O) groups is 2. The van der Waals surface area contributed by atoms with Crippen LogP contribution in [0.3, 0.4) is 0 Å². The third-order valence-corrected chi connectivity index (χ3v) is 4.44. The molecule has 2 N–H and O–H groups in total. The molecular weight excluding hydrogens is 439 g/mol. The quantitative estimate of drug-likeness (QED) is 0.552. The van der Waals surface area contributed by atoms with Gasteiger partial charge in [0.2, 0.25) is 5.91 Å². The predicted octanol–water partition coefficient (Wildman–Crippen LogP) is 4.59. The van der Waals surface area contributed by atoms with Crippen molar-refractivity contribution in [3.8, 4) is 0 Å². The maximum absolute atomic E-state index is 13.9. The summed E-state index contributed by atoms with van der Waals surface area (Å²) in [6.07, 6.45) is 7.49. The minimum Gasteiger partial charge on any atom is -0.322 e. The summed E-state index contributed by atoms with van der Waals surface area (Å²) >= 11 is 3.17. The van der Waals surface area contributed by atoms with Gasteiger partial charge < -0.3 is 10.6 Å². The van der Waals surface area contributed by atoms with Crippen LogP contribution in [-0.4, -0.2) is 21.8 Å². The second kappa shape index (κ2) is 9.20. The van der Waals surface area contributed by atoms with Crippen LogP contribution >= 0.6 is 15.9 Å². The van der Waals surface area contributed by atoms with E-state index in [9.17, 15) is 14.0 Å². The van der Waals surface area contributed by atoms with Crippen molar-refractivity contribution in [3.05, 3.63) is 88.2 Å². The zero-order valence-electron chi connectivity index (χ0n) is 15.3. The third-order valence-electron chi connectivity index (χ3n) is 3.94. The number of anilines is 2. The first kappa shape index (κ1) is 20.3. The molecule has 2 amide bonds. The van der Waals surface area contributed by atoms with Crippen LogP contribution < -0.4 is 10.6 Å². The van der Waals surface area contributed by atoms with E-state index < -0.39 is 11.7 Å². The average molecular weight is 455 g/mol. The molecule has 0 aliphatic carbocycles. The Kier molecular flexibility index (Phi) is 6.46. The first-order valence-corrected chi connectivity index (χ1v) is 9.33. The number of hydrogen-bond donors (Lipinski definition) is 2. The highest BCUT2D eigenvalue weighted by Crippen LogP contribution is 2.22. The van der Waals surface area contributed by atoms with Gasteiger partial charge in [-0.2, -0.15) is 0 Å². The van der Waals surface area contributed by atoms with Gasteiger partial charge in [-0.05, 0) is 48.9 Å². The molecule has 0 unspecified atom stereocenters. The van der Waals surface area contributed by atoms with E-state index in [1.165, 1.54) is 24.5 Å². The maximum Gasteiger partial charge on any atom is 0.255 e. The van der Waals surface area contributed by atoms with Gasteiger partial charge >= 0.3 is 0 Å². The lowest BCUT2D eigenvalue weighted by atomic mass is 10.1. The van der Waals surface area contributed by atoms with Gasteiger partial charge in [-0.15, -0.1) is 0 Å². The Morgan fingerprint density at radius 1 is 1.03 bits per heavy atom. The number of nitrogens with one attached hydrogen (secondary N) is 2. The van der Waals surface area contributed by atoms with Gasteiger partial charge in [-0.3, -0.25) is 9.59 Å². The molecular formula is C21H16BrFN4O2. The molecule has 0 saturated carbocycles. The van der Waals surface area contributed by atoms with Crippen molar-refractivity contribution in [1.29, 1.82) is 0 Å². The Bertz CT molecular complexity index is 1090. The molecule has 0 aliphatic rings. The Balaban J connectivity index is 1.72. The Hall–Kier alpha value is -3.39. The van der Waals surface area contributed by atoms with Crippen molar-refractivity contribution >= 4 is 45.2 Å². The number of aromatic nitrogens is 2. The Morgan fingerprint density at radius 2 is 1.79 bits per heavy atom. The summed E-state index contributed by atoms with van der Waals surface area (Å²) in [6, 6.07) is 9.21. The van der Waals surface area contributed by atoms with Crippen LogP contribution in [0.15, 0.2) is 65.7 Å². The molecule has 29 heavy (non-hydrogen) atoms. The molecule has 0 radical (unpaired) electrons. The molecule has 0 spiro atoms. The monoisotopic (exact) mass is 454 g/mol. The van der Waals surface area contributed by atoms with Crippen LogP contribution in [0.1, 0.15) is 21.5 Å². The predicted molar refractivity (Wildman–Crippen MR) is 113 cm³/mol. The lowest BCUT2D eigenvalue weighted by Gasteiger charge is -2.11. The molecule has 0 aliphatic heterocycles. The fourth-order valence-electron chi connectivity index (χ4n) is 2.43. The van der Waals surface area contributed by atoms with E-state index >= 15 is 0 Å². The minimum atomic E-state index is -0.552. The lowest BCUT2D eigenvalue weighted by Crippen LogP contribution is -2.15. The molecule has 0 atom stereocenters. The molecule has 1 aromatic heterocycles. The summed E-state index contributed by atoms with van der Waals surface area (Å²) in [4.78, 5) is 32.4. The molecule has 0 bridgehead atoms. The zero-order chi connectivity index (χ0) is 20.8. The lowest BCUT2D eigenvalue weighted by molar-refractivity contribution is -0.111. The number of carbonyl (C=O) groups excluding carboxylic acids is 2. The van der Waals surface area contributed by atoms with Gasteiger partial charge in [0, 0.05) is 39.8 Å². The first-order valence-electron chi connectivity index (χ1n) is 8.53. The van der Waals surface area contributed by atoms with Gasteiger partial charge in [0.15, 0.2) is 0 Å². The van der Waals surface area contributed by atoms with Crippen molar-refractivity contribution < 1.29 is 14.0 Å².